The van der Waals surface area contributed by atoms with E-state index in [1.807, 2.05) is 35.2 Å². The highest BCUT2D eigenvalue weighted by atomic mass is 16.6. The van der Waals surface area contributed by atoms with Crippen molar-refractivity contribution >= 4 is 16.9 Å². The van der Waals surface area contributed by atoms with E-state index in [2.05, 4.69) is 13.8 Å². The van der Waals surface area contributed by atoms with Gasteiger partial charge in [0.2, 0.25) is 0 Å². The van der Waals surface area contributed by atoms with Gasteiger partial charge in [-0.3, -0.25) is 4.79 Å². The van der Waals surface area contributed by atoms with Crippen LogP contribution in [0.5, 0.6) is 11.5 Å². The van der Waals surface area contributed by atoms with Gasteiger partial charge in [-0.25, -0.2) is 0 Å². The summed E-state index contributed by atoms with van der Waals surface area (Å²) >= 11 is 0. The molecule has 0 N–H and O–H groups in total. The standard InChI is InChI=1S/C22H23NO4/c1-15(2)13-23(14-18-11-16-5-3-4-6-19(16)27-18)22(24)17-7-8-20-21(12-17)26-10-9-25-20/h3-8,11-12,15H,9-10,13-14H2,1-2H3. The number of fused-ring (bicyclic) bond motifs is 2. The summed E-state index contributed by atoms with van der Waals surface area (Å²) in [5.74, 6) is 2.39. The predicted octanol–water partition coefficient (Wildman–Crippen LogP) is 4.50. The van der Waals surface area contributed by atoms with Crippen molar-refractivity contribution in [2.45, 2.75) is 20.4 Å². The summed E-state index contributed by atoms with van der Waals surface area (Å²) in [5.41, 5.74) is 1.43. The Labute approximate surface area is 158 Å². The molecule has 1 aliphatic rings. The molecule has 27 heavy (non-hydrogen) atoms. The first-order valence-electron chi connectivity index (χ1n) is 9.26. The lowest BCUT2D eigenvalue weighted by molar-refractivity contribution is 0.0710. The number of rotatable bonds is 5. The van der Waals surface area contributed by atoms with Gasteiger partial charge < -0.3 is 18.8 Å². The highest BCUT2D eigenvalue weighted by Gasteiger charge is 2.21. The molecule has 5 heteroatoms. The first kappa shape index (κ1) is 17.5. The Morgan fingerprint density at radius 2 is 1.81 bits per heavy atom. The third-order valence-corrected chi connectivity index (χ3v) is 4.49. The molecule has 0 bridgehead atoms. The summed E-state index contributed by atoms with van der Waals surface area (Å²) in [5, 5.41) is 1.05. The van der Waals surface area contributed by atoms with Gasteiger partial charge in [0.05, 0.1) is 6.54 Å². The minimum atomic E-state index is -0.0406. The zero-order chi connectivity index (χ0) is 18.8. The minimum absolute atomic E-state index is 0.0406. The summed E-state index contributed by atoms with van der Waals surface area (Å²) in [4.78, 5) is 15.0. The predicted molar refractivity (Wildman–Crippen MR) is 103 cm³/mol. The minimum Gasteiger partial charge on any atom is -0.486 e. The molecule has 0 saturated carbocycles. The molecule has 0 radical (unpaired) electrons. The topological polar surface area (TPSA) is 51.9 Å². The molecule has 0 saturated heterocycles. The Balaban J connectivity index is 1.60. The number of hydrogen-bond acceptors (Lipinski definition) is 4. The van der Waals surface area contributed by atoms with Gasteiger partial charge in [-0.05, 0) is 36.2 Å². The lowest BCUT2D eigenvalue weighted by Crippen LogP contribution is -2.33. The number of amides is 1. The lowest BCUT2D eigenvalue weighted by atomic mass is 10.1. The highest BCUT2D eigenvalue weighted by molar-refractivity contribution is 5.95. The zero-order valence-corrected chi connectivity index (χ0v) is 15.6. The van der Waals surface area contributed by atoms with Crippen molar-refractivity contribution in [2.75, 3.05) is 19.8 Å². The number of carbonyl (C=O) groups is 1. The average Bonchev–Trinajstić information content (AvgIpc) is 3.08. The van der Waals surface area contributed by atoms with Crippen LogP contribution in [0.25, 0.3) is 11.0 Å². The van der Waals surface area contributed by atoms with Crippen molar-refractivity contribution in [1.29, 1.82) is 0 Å². The van der Waals surface area contributed by atoms with E-state index in [4.69, 9.17) is 13.9 Å². The van der Waals surface area contributed by atoms with Crippen LogP contribution in [0.4, 0.5) is 0 Å². The summed E-state index contributed by atoms with van der Waals surface area (Å²) in [6, 6.07) is 15.2. The van der Waals surface area contributed by atoms with Gasteiger partial charge in [-0.15, -0.1) is 0 Å². The van der Waals surface area contributed by atoms with Gasteiger partial charge in [-0.2, -0.15) is 0 Å². The SMILES string of the molecule is CC(C)CN(Cc1cc2ccccc2o1)C(=O)c1ccc2c(c1)OCCO2. The smallest absolute Gasteiger partial charge is 0.254 e. The molecule has 0 aliphatic carbocycles. The zero-order valence-electron chi connectivity index (χ0n) is 15.6. The number of furan rings is 1. The van der Waals surface area contributed by atoms with Crippen molar-refractivity contribution in [1.82, 2.24) is 4.90 Å². The van der Waals surface area contributed by atoms with Crippen LogP contribution >= 0.6 is 0 Å². The number of para-hydroxylation sites is 1. The second-order valence-electron chi connectivity index (χ2n) is 7.19. The van der Waals surface area contributed by atoms with Crippen LogP contribution in [0.2, 0.25) is 0 Å². The van der Waals surface area contributed by atoms with Crippen LogP contribution in [0.15, 0.2) is 52.9 Å². The summed E-state index contributed by atoms with van der Waals surface area (Å²) in [7, 11) is 0. The summed E-state index contributed by atoms with van der Waals surface area (Å²) in [6.07, 6.45) is 0. The number of hydrogen-bond donors (Lipinski definition) is 0. The molecule has 1 aromatic heterocycles. The van der Waals surface area contributed by atoms with Crippen molar-refractivity contribution in [3.63, 3.8) is 0 Å². The molecule has 2 aromatic carbocycles. The van der Waals surface area contributed by atoms with E-state index in [1.165, 1.54) is 0 Å². The van der Waals surface area contributed by atoms with Gasteiger partial charge in [0.15, 0.2) is 11.5 Å². The maximum atomic E-state index is 13.2. The van der Waals surface area contributed by atoms with Crippen molar-refractivity contribution < 1.29 is 18.7 Å². The Morgan fingerprint density at radius 1 is 1.04 bits per heavy atom. The first-order chi connectivity index (χ1) is 13.1. The number of benzene rings is 2. The molecule has 0 atom stereocenters. The van der Waals surface area contributed by atoms with E-state index in [9.17, 15) is 4.79 Å². The first-order valence-corrected chi connectivity index (χ1v) is 9.26. The normalized spacial score (nSPS) is 13.1. The molecule has 1 aliphatic heterocycles. The third-order valence-electron chi connectivity index (χ3n) is 4.49. The lowest BCUT2D eigenvalue weighted by Gasteiger charge is -2.25. The number of ether oxygens (including phenoxy) is 2. The van der Waals surface area contributed by atoms with Crippen molar-refractivity contribution in [2.24, 2.45) is 5.92 Å². The molecule has 140 valence electrons. The van der Waals surface area contributed by atoms with E-state index < -0.39 is 0 Å². The van der Waals surface area contributed by atoms with E-state index in [0.717, 1.165) is 16.7 Å². The van der Waals surface area contributed by atoms with Crippen LogP contribution in [0, 0.1) is 5.92 Å². The van der Waals surface area contributed by atoms with E-state index in [1.54, 1.807) is 18.2 Å². The number of nitrogens with zero attached hydrogens (tertiary/aromatic N) is 1. The molecular formula is C22H23NO4. The molecule has 0 spiro atoms. The highest BCUT2D eigenvalue weighted by Crippen LogP contribution is 2.31. The molecule has 5 nitrogen and oxygen atoms in total. The average molecular weight is 365 g/mol. The fourth-order valence-electron chi connectivity index (χ4n) is 3.32. The fourth-order valence-corrected chi connectivity index (χ4v) is 3.32. The molecule has 2 heterocycles. The second kappa shape index (κ2) is 7.35. The second-order valence-corrected chi connectivity index (χ2v) is 7.19. The summed E-state index contributed by atoms with van der Waals surface area (Å²) < 4.78 is 17.1. The summed E-state index contributed by atoms with van der Waals surface area (Å²) in [6.45, 7) is 6.31. The van der Waals surface area contributed by atoms with E-state index in [0.29, 0.717) is 49.3 Å². The molecule has 3 aromatic rings. The Bertz CT molecular complexity index is 927. The van der Waals surface area contributed by atoms with Crippen LogP contribution in [-0.4, -0.2) is 30.6 Å². The number of carbonyl (C=O) groups excluding carboxylic acids is 1. The Morgan fingerprint density at radius 3 is 2.59 bits per heavy atom. The van der Waals surface area contributed by atoms with Gasteiger partial charge in [0.1, 0.15) is 24.6 Å². The fraction of sp³-hybridized carbons (Fsp3) is 0.318. The van der Waals surface area contributed by atoms with Crippen LogP contribution in [0.3, 0.4) is 0 Å². The van der Waals surface area contributed by atoms with Gasteiger partial charge in [0.25, 0.3) is 5.91 Å². The van der Waals surface area contributed by atoms with Crippen molar-refractivity contribution in [3.05, 3.63) is 59.9 Å². The Hall–Kier alpha value is -2.95. The van der Waals surface area contributed by atoms with Crippen molar-refractivity contribution in [3.8, 4) is 11.5 Å². The Kier molecular flexibility index (Phi) is 4.75. The maximum absolute atomic E-state index is 13.2. The quantitative estimate of drug-likeness (QED) is 0.668. The molecule has 0 fully saturated rings. The molecule has 1 amide bonds. The third kappa shape index (κ3) is 3.77. The van der Waals surface area contributed by atoms with Crippen LogP contribution < -0.4 is 9.47 Å². The molecule has 4 rings (SSSR count). The maximum Gasteiger partial charge on any atom is 0.254 e. The van der Waals surface area contributed by atoms with Gasteiger partial charge in [0, 0.05) is 17.5 Å². The van der Waals surface area contributed by atoms with Gasteiger partial charge >= 0.3 is 0 Å². The van der Waals surface area contributed by atoms with Crippen LogP contribution in [-0.2, 0) is 6.54 Å². The van der Waals surface area contributed by atoms with E-state index in [-0.39, 0.29) is 5.91 Å². The monoisotopic (exact) mass is 365 g/mol. The van der Waals surface area contributed by atoms with Gasteiger partial charge in [-0.1, -0.05) is 32.0 Å². The largest absolute Gasteiger partial charge is 0.486 e. The molecule has 0 unspecified atom stereocenters. The molecular weight excluding hydrogens is 342 g/mol. The van der Waals surface area contributed by atoms with E-state index >= 15 is 0 Å². The van der Waals surface area contributed by atoms with Crippen LogP contribution in [0.1, 0.15) is 30.0 Å².